The van der Waals surface area contributed by atoms with Gasteiger partial charge in [-0.05, 0) is 0 Å². The zero-order valence-corrected chi connectivity index (χ0v) is 19.6. The Bertz CT molecular complexity index is 334. The van der Waals surface area contributed by atoms with Crippen LogP contribution in [0, 0.1) is 5.92 Å². The van der Waals surface area contributed by atoms with E-state index < -0.39 is 18.4 Å². The number of aliphatic hydroxyl groups is 1. The van der Waals surface area contributed by atoms with Crippen LogP contribution in [0.4, 0.5) is 0 Å². The quantitative estimate of drug-likeness (QED) is 0.244. The number of ether oxygens (including phenoxy) is 1. The summed E-state index contributed by atoms with van der Waals surface area (Å²) in [5.41, 5.74) is 0. The standard InChI is InChI=1S/C9H15O2.3C4H9.Sn/c1-3-4-7(2)5-8-9(6-10)11-8;3*1-3-4-2;/h7-10H,1,4-6H2,2H3;3*1,3-4H2,2H3;/t7-,8?,9+;;;;/m1..../s1. The van der Waals surface area contributed by atoms with Crippen molar-refractivity contribution in [3.63, 3.8) is 0 Å². The summed E-state index contributed by atoms with van der Waals surface area (Å²) in [7, 11) is 0. The summed E-state index contributed by atoms with van der Waals surface area (Å²) in [5.74, 6) is 0.653. The fraction of sp³-hybridized carbons (Fsp3) is 0.905. The second kappa shape index (κ2) is 12.0. The van der Waals surface area contributed by atoms with E-state index in [2.05, 4.69) is 27.7 Å². The van der Waals surface area contributed by atoms with Gasteiger partial charge >= 0.3 is 155 Å². The Labute approximate surface area is 155 Å². The topological polar surface area (TPSA) is 32.8 Å². The molecule has 0 aromatic rings. The van der Waals surface area contributed by atoms with E-state index in [-0.39, 0.29) is 12.7 Å². The Morgan fingerprint density at radius 2 is 1.50 bits per heavy atom. The number of epoxide rings is 1. The second-order valence-corrected chi connectivity index (χ2v) is 21.7. The van der Waals surface area contributed by atoms with E-state index in [9.17, 15) is 0 Å². The van der Waals surface area contributed by atoms with Crippen molar-refractivity contribution >= 4 is 18.4 Å². The van der Waals surface area contributed by atoms with Crippen LogP contribution in [0.1, 0.15) is 79.1 Å². The third-order valence-corrected chi connectivity index (χ3v) is 22.0. The van der Waals surface area contributed by atoms with Crippen molar-refractivity contribution in [2.24, 2.45) is 5.92 Å². The molecule has 1 aliphatic rings. The normalized spacial score (nSPS) is 21.7. The van der Waals surface area contributed by atoms with Crippen LogP contribution in [-0.2, 0) is 4.74 Å². The maximum absolute atomic E-state index is 9.16. The van der Waals surface area contributed by atoms with Gasteiger partial charge in [-0.1, -0.05) is 0 Å². The first-order chi connectivity index (χ1) is 11.5. The molecular weight excluding hydrogens is 403 g/mol. The molecule has 0 aromatic carbocycles. The first kappa shape index (κ1) is 22.5. The molecule has 1 unspecified atom stereocenters. The van der Waals surface area contributed by atoms with E-state index in [0.717, 1.165) is 6.42 Å². The molecule has 1 rings (SSSR count). The minimum atomic E-state index is -2.25. The van der Waals surface area contributed by atoms with Crippen LogP contribution < -0.4 is 0 Å². The van der Waals surface area contributed by atoms with Crippen molar-refractivity contribution < 1.29 is 9.84 Å². The number of hydrogen-bond acceptors (Lipinski definition) is 2. The molecule has 142 valence electrons. The van der Waals surface area contributed by atoms with Gasteiger partial charge < -0.3 is 0 Å². The Morgan fingerprint density at radius 3 is 1.88 bits per heavy atom. The average molecular weight is 445 g/mol. The Kier molecular flexibility index (Phi) is 11.2. The van der Waals surface area contributed by atoms with E-state index in [1.54, 1.807) is 3.59 Å². The second-order valence-electron chi connectivity index (χ2n) is 8.14. The van der Waals surface area contributed by atoms with Gasteiger partial charge in [0.05, 0.1) is 0 Å². The molecule has 0 aromatic heterocycles. The number of unbranched alkanes of at least 4 members (excludes halogenated alkanes) is 3. The van der Waals surface area contributed by atoms with Gasteiger partial charge in [0.15, 0.2) is 0 Å². The molecule has 0 bridgehead atoms. The van der Waals surface area contributed by atoms with Crippen LogP contribution in [0.2, 0.25) is 13.3 Å². The van der Waals surface area contributed by atoms with E-state index in [0.29, 0.717) is 12.0 Å². The summed E-state index contributed by atoms with van der Waals surface area (Å²) < 4.78 is 11.8. The van der Waals surface area contributed by atoms with E-state index in [1.807, 2.05) is 0 Å². The zero-order chi connectivity index (χ0) is 18.0. The molecule has 0 amide bonds. The molecule has 1 N–H and O–H groups in total. The first-order valence-corrected chi connectivity index (χ1v) is 18.0. The van der Waals surface area contributed by atoms with Gasteiger partial charge in [-0.2, -0.15) is 0 Å². The molecule has 1 heterocycles. The van der Waals surface area contributed by atoms with E-state index >= 15 is 0 Å². The fourth-order valence-corrected chi connectivity index (χ4v) is 20.3. The minimum absolute atomic E-state index is 0.120. The molecule has 0 spiro atoms. The van der Waals surface area contributed by atoms with Gasteiger partial charge in [-0.3, -0.25) is 0 Å². The molecule has 24 heavy (non-hydrogen) atoms. The van der Waals surface area contributed by atoms with Gasteiger partial charge in [-0.25, -0.2) is 0 Å². The van der Waals surface area contributed by atoms with Crippen molar-refractivity contribution in [3.8, 4) is 0 Å². The molecular formula is C21H42O2Sn. The third kappa shape index (κ3) is 7.37. The van der Waals surface area contributed by atoms with Gasteiger partial charge in [0.2, 0.25) is 0 Å². The summed E-state index contributed by atoms with van der Waals surface area (Å²) in [5, 5.41) is 9.16. The van der Waals surface area contributed by atoms with Crippen LogP contribution in [0.25, 0.3) is 0 Å². The van der Waals surface area contributed by atoms with Crippen molar-refractivity contribution in [1.82, 2.24) is 0 Å². The van der Waals surface area contributed by atoms with Crippen LogP contribution in [0.3, 0.4) is 0 Å². The number of rotatable bonds is 15. The monoisotopic (exact) mass is 446 g/mol. The number of aliphatic hydroxyl groups excluding tert-OH is 1. The third-order valence-electron chi connectivity index (χ3n) is 5.87. The van der Waals surface area contributed by atoms with Crippen molar-refractivity contribution in [2.45, 2.75) is 105 Å². The maximum atomic E-state index is 9.16. The molecule has 0 saturated carbocycles. The summed E-state index contributed by atoms with van der Waals surface area (Å²) >= 11 is -2.25. The zero-order valence-electron chi connectivity index (χ0n) is 16.8. The van der Waals surface area contributed by atoms with Crippen LogP contribution in [0.5, 0.6) is 0 Å². The van der Waals surface area contributed by atoms with E-state index in [1.165, 1.54) is 58.3 Å². The van der Waals surface area contributed by atoms with Crippen LogP contribution in [0.15, 0.2) is 10.2 Å². The average Bonchev–Trinajstić information content (AvgIpc) is 3.32. The van der Waals surface area contributed by atoms with Gasteiger partial charge in [-0.15, -0.1) is 0 Å². The van der Waals surface area contributed by atoms with Crippen molar-refractivity contribution in [3.05, 3.63) is 10.2 Å². The molecule has 3 heteroatoms. The number of hydrogen-bond donors (Lipinski definition) is 1. The Balaban J connectivity index is 2.67. The molecule has 0 aliphatic carbocycles. The van der Waals surface area contributed by atoms with Crippen molar-refractivity contribution in [1.29, 1.82) is 0 Å². The predicted molar refractivity (Wildman–Crippen MR) is 108 cm³/mol. The molecule has 1 fully saturated rings. The fourth-order valence-electron chi connectivity index (χ4n) is 4.11. The Hall–Kier alpha value is 0.459. The molecule has 3 atom stereocenters. The summed E-state index contributed by atoms with van der Waals surface area (Å²) in [6.45, 7) is 14.2. The molecule has 1 saturated heterocycles. The number of allylic oxidation sites excluding steroid dienone is 1. The predicted octanol–water partition coefficient (Wildman–Crippen LogP) is 6.11. The van der Waals surface area contributed by atoms with E-state index in [4.69, 9.17) is 16.4 Å². The first-order valence-electron chi connectivity index (χ1n) is 10.5. The van der Waals surface area contributed by atoms with Gasteiger partial charge in [0, 0.05) is 0 Å². The molecule has 1 aliphatic heterocycles. The molecule has 0 radical (unpaired) electrons. The van der Waals surface area contributed by atoms with Crippen molar-refractivity contribution in [2.75, 3.05) is 6.61 Å². The van der Waals surface area contributed by atoms with Gasteiger partial charge in [0.1, 0.15) is 0 Å². The van der Waals surface area contributed by atoms with Crippen LogP contribution in [-0.4, -0.2) is 42.3 Å². The summed E-state index contributed by atoms with van der Waals surface area (Å²) in [6.07, 6.45) is 11.0. The van der Waals surface area contributed by atoms with Gasteiger partial charge in [0.25, 0.3) is 0 Å². The Morgan fingerprint density at radius 1 is 1.00 bits per heavy atom. The SMILES string of the molecule is C=[C](C[C@@H](C)CC1O[C@H]1CO)[Sn]([CH2]CCC)([CH2]CCC)[CH2]CCC. The summed E-state index contributed by atoms with van der Waals surface area (Å²) in [4.78, 5) is 0. The van der Waals surface area contributed by atoms with Crippen LogP contribution >= 0.6 is 0 Å². The summed E-state index contributed by atoms with van der Waals surface area (Å²) in [6, 6.07) is 0. The molecule has 2 nitrogen and oxygen atoms in total.